The maximum absolute atomic E-state index is 12.7. The van der Waals surface area contributed by atoms with Crippen LogP contribution in [0.2, 0.25) is 0 Å². The van der Waals surface area contributed by atoms with Gasteiger partial charge in [-0.1, -0.05) is 6.07 Å². The van der Waals surface area contributed by atoms with Crippen LogP contribution < -0.4 is 4.90 Å². The number of carbonyl (C=O) groups excluding carboxylic acids is 1. The second kappa shape index (κ2) is 7.41. The van der Waals surface area contributed by atoms with Crippen molar-refractivity contribution in [3.63, 3.8) is 0 Å². The minimum Gasteiger partial charge on any atom is -0.353 e. The fourth-order valence-corrected chi connectivity index (χ4v) is 4.54. The number of anilines is 1. The maximum Gasteiger partial charge on any atom is 0.287 e. The second-order valence-corrected chi connectivity index (χ2v) is 7.90. The lowest BCUT2D eigenvalue weighted by molar-refractivity contribution is -0.385. The van der Waals surface area contributed by atoms with Gasteiger partial charge in [0.15, 0.2) is 0 Å². The highest BCUT2D eigenvalue weighted by atomic mass is 32.1. The predicted octanol–water partition coefficient (Wildman–Crippen LogP) is 3.14. The van der Waals surface area contributed by atoms with Crippen LogP contribution in [0.5, 0.6) is 0 Å². The minimum atomic E-state index is -0.465. The summed E-state index contributed by atoms with van der Waals surface area (Å²) in [6.45, 7) is 2.41. The molecule has 10 heteroatoms. The Balaban J connectivity index is 1.38. The van der Waals surface area contributed by atoms with Crippen molar-refractivity contribution in [2.24, 2.45) is 0 Å². The first kappa shape index (κ1) is 17.6. The standard InChI is InChI=1S/C17H15N5O3S2/c23-17(14-11-19-16(27-14)13-2-1-9-26-13)21-7-5-20(6-8-21)15-4-3-12(10-18-15)22(24)25/h1-4,9-11H,5-8H2. The van der Waals surface area contributed by atoms with Crippen molar-refractivity contribution >= 4 is 40.1 Å². The zero-order valence-electron chi connectivity index (χ0n) is 14.1. The van der Waals surface area contributed by atoms with Gasteiger partial charge in [-0.3, -0.25) is 14.9 Å². The van der Waals surface area contributed by atoms with Crippen molar-refractivity contribution in [1.82, 2.24) is 14.9 Å². The Hall–Kier alpha value is -2.85. The van der Waals surface area contributed by atoms with Crippen molar-refractivity contribution in [1.29, 1.82) is 0 Å². The van der Waals surface area contributed by atoms with Crippen LogP contribution in [0.25, 0.3) is 9.88 Å². The largest absolute Gasteiger partial charge is 0.353 e. The van der Waals surface area contributed by atoms with Crippen LogP contribution in [-0.2, 0) is 0 Å². The Morgan fingerprint density at radius 2 is 1.93 bits per heavy atom. The SMILES string of the molecule is O=C(c1cnc(-c2cccs2)s1)N1CCN(c2ccc([N+](=O)[O-])cn2)CC1. The summed E-state index contributed by atoms with van der Waals surface area (Å²) < 4.78 is 0. The predicted molar refractivity (Wildman–Crippen MR) is 104 cm³/mol. The topological polar surface area (TPSA) is 92.5 Å². The van der Waals surface area contributed by atoms with E-state index >= 15 is 0 Å². The maximum atomic E-state index is 12.7. The number of nitro groups is 1. The van der Waals surface area contributed by atoms with Gasteiger partial charge in [0, 0.05) is 32.2 Å². The molecule has 8 nitrogen and oxygen atoms in total. The van der Waals surface area contributed by atoms with E-state index in [9.17, 15) is 14.9 Å². The number of pyridine rings is 1. The molecule has 0 N–H and O–H groups in total. The molecule has 0 saturated carbocycles. The number of aromatic nitrogens is 2. The summed E-state index contributed by atoms with van der Waals surface area (Å²) in [7, 11) is 0. The van der Waals surface area contributed by atoms with E-state index in [-0.39, 0.29) is 11.6 Å². The van der Waals surface area contributed by atoms with Gasteiger partial charge in [0.05, 0.1) is 16.0 Å². The number of hydrogen-bond acceptors (Lipinski definition) is 8. The molecule has 0 bridgehead atoms. The van der Waals surface area contributed by atoms with Crippen LogP contribution in [-0.4, -0.2) is 51.9 Å². The van der Waals surface area contributed by atoms with E-state index in [0.717, 1.165) is 9.88 Å². The third-order valence-corrected chi connectivity index (χ3v) is 6.31. The molecule has 1 fully saturated rings. The van der Waals surface area contributed by atoms with Crippen molar-refractivity contribution < 1.29 is 9.72 Å². The zero-order valence-corrected chi connectivity index (χ0v) is 15.8. The van der Waals surface area contributed by atoms with Crippen LogP contribution in [0.1, 0.15) is 9.67 Å². The first-order valence-corrected chi connectivity index (χ1v) is 9.96. The Bertz CT molecular complexity index is 947. The Kier molecular flexibility index (Phi) is 4.82. The van der Waals surface area contributed by atoms with Crippen molar-refractivity contribution in [2.45, 2.75) is 0 Å². The molecule has 3 aromatic rings. The molecule has 138 valence electrons. The third-order valence-electron chi connectivity index (χ3n) is 4.28. The van der Waals surface area contributed by atoms with Gasteiger partial charge >= 0.3 is 0 Å². The molecular weight excluding hydrogens is 386 g/mol. The normalized spacial score (nSPS) is 14.4. The van der Waals surface area contributed by atoms with Crippen molar-refractivity contribution in [3.05, 3.63) is 57.0 Å². The number of hydrogen-bond donors (Lipinski definition) is 0. The summed E-state index contributed by atoms with van der Waals surface area (Å²) in [5.41, 5.74) is -0.0284. The zero-order chi connectivity index (χ0) is 18.8. The summed E-state index contributed by atoms with van der Waals surface area (Å²) in [5.74, 6) is 0.678. The molecule has 4 rings (SSSR count). The highest BCUT2D eigenvalue weighted by molar-refractivity contribution is 7.21. The lowest BCUT2D eigenvalue weighted by Gasteiger charge is -2.35. The summed E-state index contributed by atoms with van der Waals surface area (Å²) >= 11 is 3.02. The first-order chi connectivity index (χ1) is 13.1. The molecule has 0 radical (unpaired) electrons. The molecule has 1 aliphatic rings. The van der Waals surface area contributed by atoms with Crippen molar-refractivity contribution in [3.8, 4) is 9.88 Å². The van der Waals surface area contributed by atoms with E-state index in [1.807, 2.05) is 27.3 Å². The number of nitrogens with zero attached hydrogens (tertiary/aromatic N) is 5. The number of thiazole rings is 1. The lowest BCUT2D eigenvalue weighted by atomic mass is 10.3. The van der Waals surface area contributed by atoms with Crippen LogP contribution in [0, 0.1) is 10.1 Å². The Labute approximate surface area is 162 Å². The Morgan fingerprint density at radius 1 is 1.11 bits per heavy atom. The van der Waals surface area contributed by atoms with Crippen LogP contribution >= 0.6 is 22.7 Å². The molecule has 27 heavy (non-hydrogen) atoms. The molecule has 0 aliphatic carbocycles. The minimum absolute atomic E-state index is 0.00776. The smallest absolute Gasteiger partial charge is 0.287 e. The lowest BCUT2D eigenvalue weighted by Crippen LogP contribution is -2.48. The molecule has 1 aliphatic heterocycles. The molecule has 3 aromatic heterocycles. The van der Waals surface area contributed by atoms with Crippen LogP contribution in [0.3, 0.4) is 0 Å². The average Bonchev–Trinajstić information content (AvgIpc) is 3.39. The fourth-order valence-electron chi connectivity index (χ4n) is 2.85. The molecule has 0 unspecified atom stereocenters. The number of amides is 1. The molecule has 0 spiro atoms. The quantitative estimate of drug-likeness (QED) is 0.493. The molecular formula is C17H15N5O3S2. The van der Waals surface area contributed by atoms with Gasteiger partial charge in [0.1, 0.15) is 21.9 Å². The highest BCUT2D eigenvalue weighted by Crippen LogP contribution is 2.29. The van der Waals surface area contributed by atoms with Gasteiger partial charge in [-0.25, -0.2) is 9.97 Å². The summed E-state index contributed by atoms with van der Waals surface area (Å²) in [4.78, 5) is 37.1. The van der Waals surface area contributed by atoms with Gasteiger partial charge < -0.3 is 9.80 Å². The van der Waals surface area contributed by atoms with Gasteiger partial charge in [-0.05, 0) is 17.5 Å². The van der Waals surface area contributed by atoms with Gasteiger partial charge in [0.2, 0.25) is 0 Å². The molecule has 0 atom stereocenters. The fraction of sp³-hybridized carbons (Fsp3) is 0.235. The number of rotatable bonds is 4. The monoisotopic (exact) mass is 401 g/mol. The van der Waals surface area contributed by atoms with Gasteiger partial charge in [-0.15, -0.1) is 22.7 Å². The Morgan fingerprint density at radius 3 is 2.56 bits per heavy atom. The van der Waals surface area contributed by atoms with E-state index in [1.165, 1.54) is 23.6 Å². The first-order valence-electron chi connectivity index (χ1n) is 8.26. The summed E-state index contributed by atoms with van der Waals surface area (Å²) in [6.07, 6.45) is 2.91. The van der Waals surface area contributed by atoms with E-state index in [1.54, 1.807) is 23.6 Å². The van der Waals surface area contributed by atoms with Crippen LogP contribution in [0.4, 0.5) is 11.5 Å². The average molecular weight is 401 g/mol. The molecule has 1 saturated heterocycles. The third kappa shape index (κ3) is 3.67. The molecule has 1 amide bonds. The van der Waals surface area contributed by atoms with Crippen LogP contribution in [0.15, 0.2) is 42.0 Å². The number of thiophene rings is 1. The van der Waals surface area contributed by atoms with Gasteiger partial charge in [-0.2, -0.15) is 0 Å². The second-order valence-electron chi connectivity index (χ2n) is 5.92. The summed E-state index contributed by atoms with van der Waals surface area (Å²) in [6, 6.07) is 7.05. The molecule has 0 aromatic carbocycles. The number of carbonyl (C=O) groups is 1. The van der Waals surface area contributed by atoms with E-state index < -0.39 is 4.92 Å². The van der Waals surface area contributed by atoms with E-state index in [0.29, 0.717) is 36.9 Å². The van der Waals surface area contributed by atoms with E-state index in [4.69, 9.17) is 0 Å². The highest BCUT2D eigenvalue weighted by Gasteiger charge is 2.24. The molecule has 4 heterocycles. The van der Waals surface area contributed by atoms with Gasteiger partial charge in [0.25, 0.3) is 11.6 Å². The van der Waals surface area contributed by atoms with Crippen molar-refractivity contribution in [2.75, 3.05) is 31.1 Å². The summed E-state index contributed by atoms with van der Waals surface area (Å²) in [5, 5.41) is 13.6. The number of piperazine rings is 1. The van der Waals surface area contributed by atoms with E-state index in [2.05, 4.69) is 9.97 Å².